The monoisotopic (exact) mass is 246 g/mol. The molecular weight excluding hydrogens is 228 g/mol. The molecule has 96 valence electrons. The van der Waals surface area contributed by atoms with Gasteiger partial charge in [-0.2, -0.15) is 0 Å². The fraction of sp³-hybridized carbons (Fsp3) is 0.429. The summed E-state index contributed by atoms with van der Waals surface area (Å²) in [5, 5.41) is 2.77. The number of nitrogens with one attached hydrogen (secondary N) is 1. The summed E-state index contributed by atoms with van der Waals surface area (Å²) in [5.74, 6) is -0.227. The van der Waals surface area contributed by atoms with Crippen LogP contribution in [0.3, 0.4) is 0 Å². The maximum Gasteiger partial charge on any atom is 0.238 e. The van der Waals surface area contributed by atoms with Gasteiger partial charge in [-0.1, -0.05) is 30.3 Å². The average molecular weight is 246 g/mol. The molecule has 0 unspecified atom stereocenters. The summed E-state index contributed by atoms with van der Waals surface area (Å²) in [4.78, 5) is 23.3. The molecule has 0 spiro atoms. The van der Waals surface area contributed by atoms with E-state index in [1.54, 1.807) is 0 Å². The van der Waals surface area contributed by atoms with E-state index in [-0.39, 0.29) is 11.7 Å². The van der Waals surface area contributed by atoms with Crippen molar-refractivity contribution in [3.63, 3.8) is 0 Å². The van der Waals surface area contributed by atoms with Crippen LogP contribution < -0.4 is 11.1 Å². The maximum absolute atomic E-state index is 11.9. The third-order valence-electron chi connectivity index (χ3n) is 3.42. The van der Waals surface area contributed by atoms with Crippen LogP contribution in [0.4, 0.5) is 0 Å². The van der Waals surface area contributed by atoms with Crippen molar-refractivity contribution in [1.82, 2.24) is 5.32 Å². The second-order valence-corrected chi connectivity index (χ2v) is 4.92. The van der Waals surface area contributed by atoms with Crippen molar-refractivity contribution in [2.24, 2.45) is 5.73 Å². The van der Waals surface area contributed by atoms with Gasteiger partial charge in [0.15, 0.2) is 5.78 Å². The highest BCUT2D eigenvalue weighted by atomic mass is 16.2. The minimum Gasteiger partial charge on any atom is -0.342 e. The highest BCUT2D eigenvalue weighted by Gasteiger charge is 2.48. The number of amides is 1. The number of rotatable bonds is 5. The molecule has 1 aliphatic rings. The van der Waals surface area contributed by atoms with E-state index in [1.807, 2.05) is 30.3 Å². The van der Waals surface area contributed by atoms with Crippen LogP contribution in [0.25, 0.3) is 0 Å². The van der Waals surface area contributed by atoms with Crippen LogP contribution in [0.5, 0.6) is 0 Å². The molecule has 3 N–H and O–H groups in total. The van der Waals surface area contributed by atoms with Crippen LogP contribution in [0.1, 0.15) is 25.3 Å². The van der Waals surface area contributed by atoms with Gasteiger partial charge >= 0.3 is 0 Å². The smallest absolute Gasteiger partial charge is 0.238 e. The number of ketones is 1. The zero-order valence-electron chi connectivity index (χ0n) is 10.5. The lowest BCUT2D eigenvalue weighted by Gasteiger charge is -2.18. The van der Waals surface area contributed by atoms with Gasteiger partial charge in [0.05, 0.1) is 11.6 Å². The van der Waals surface area contributed by atoms with E-state index >= 15 is 0 Å². The molecule has 0 aliphatic heterocycles. The van der Waals surface area contributed by atoms with Crippen molar-refractivity contribution in [2.75, 3.05) is 0 Å². The van der Waals surface area contributed by atoms with E-state index in [0.717, 1.165) is 18.4 Å². The molecule has 0 aromatic heterocycles. The maximum atomic E-state index is 11.9. The molecule has 4 heteroatoms. The number of benzene rings is 1. The Morgan fingerprint density at radius 2 is 1.94 bits per heavy atom. The fourth-order valence-electron chi connectivity index (χ4n) is 1.98. The fourth-order valence-corrected chi connectivity index (χ4v) is 1.98. The summed E-state index contributed by atoms with van der Waals surface area (Å²) in [6, 6.07) is 9.01. The lowest BCUT2D eigenvalue weighted by Crippen LogP contribution is -2.50. The van der Waals surface area contributed by atoms with E-state index in [0.29, 0.717) is 6.42 Å². The summed E-state index contributed by atoms with van der Waals surface area (Å²) >= 11 is 0. The Morgan fingerprint density at radius 3 is 2.44 bits per heavy atom. The van der Waals surface area contributed by atoms with Gasteiger partial charge in [0.2, 0.25) is 5.91 Å². The van der Waals surface area contributed by atoms with Gasteiger partial charge < -0.3 is 11.1 Å². The second-order valence-electron chi connectivity index (χ2n) is 4.92. The molecule has 2 rings (SSSR count). The van der Waals surface area contributed by atoms with Crippen LogP contribution in [-0.4, -0.2) is 23.3 Å². The van der Waals surface area contributed by atoms with E-state index in [9.17, 15) is 9.59 Å². The molecule has 18 heavy (non-hydrogen) atoms. The minimum atomic E-state index is -0.620. The molecular formula is C14H18N2O2. The van der Waals surface area contributed by atoms with Gasteiger partial charge in [0, 0.05) is 0 Å². The molecule has 0 radical (unpaired) electrons. The molecule has 4 nitrogen and oxygen atoms in total. The molecule has 1 aliphatic carbocycles. The van der Waals surface area contributed by atoms with Gasteiger partial charge in [-0.15, -0.1) is 0 Å². The Morgan fingerprint density at radius 1 is 1.33 bits per heavy atom. The third-order valence-corrected chi connectivity index (χ3v) is 3.42. The summed E-state index contributed by atoms with van der Waals surface area (Å²) in [7, 11) is 0. The number of carbonyl (C=O) groups excluding carboxylic acids is 2. The number of nitrogens with two attached hydrogens (primary N) is 1. The largest absolute Gasteiger partial charge is 0.342 e. The topological polar surface area (TPSA) is 72.2 Å². The molecule has 0 heterocycles. The van der Waals surface area contributed by atoms with Crippen LogP contribution in [0.2, 0.25) is 0 Å². The lowest BCUT2D eigenvalue weighted by molar-refractivity contribution is -0.128. The first-order valence-corrected chi connectivity index (χ1v) is 6.16. The van der Waals surface area contributed by atoms with Crippen molar-refractivity contribution in [2.45, 2.75) is 37.8 Å². The molecule has 1 fully saturated rings. The van der Waals surface area contributed by atoms with E-state index in [4.69, 9.17) is 5.73 Å². The normalized spacial score (nSPS) is 17.9. The lowest BCUT2D eigenvalue weighted by atomic mass is 10.1. The van der Waals surface area contributed by atoms with Crippen LogP contribution in [0.15, 0.2) is 30.3 Å². The van der Waals surface area contributed by atoms with Crippen molar-refractivity contribution < 1.29 is 9.59 Å². The highest BCUT2D eigenvalue weighted by Crippen LogP contribution is 2.36. The summed E-state index contributed by atoms with van der Waals surface area (Å²) in [6.07, 6.45) is 1.94. The zero-order valence-corrected chi connectivity index (χ0v) is 10.5. The number of hydrogen-bond donors (Lipinski definition) is 2. The number of carbonyl (C=O) groups is 2. The van der Waals surface area contributed by atoms with Gasteiger partial charge in [-0.3, -0.25) is 9.59 Å². The predicted octanol–water partition coefficient (Wildman–Crippen LogP) is 0.794. The SMILES string of the molecule is CC(=O)C1(NC(=O)[C@@H](N)Cc2ccccc2)CC1. The molecule has 1 saturated carbocycles. The predicted molar refractivity (Wildman–Crippen MR) is 68.9 cm³/mol. The van der Waals surface area contributed by atoms with Crippen molar-refractivity contribution in [3.8, 4) is 0 Å². The van der Waals surface area contributed by atoms with Crippen molar-refractivity contribution in [3.05, 3.63) is 35.9 Å². The Bertz CT molecular complexity index is 452. The Hall–Kier alpha value is -1.68. The first-order valence-electron chi connectivity index (χ1n) is 6.16. The van der Waals surface area contributed by atoms with Crippen LogP contribution in [0, 0.1) is 0 Å². The first kappa shape index (κ1) is 12.8. The van der Waals surface area contributed by atoms with Crippen molar-refractivity contribution in [1.29, 1.82) is 0 Å². The average Bonchev–Trinajstić information content (AvgIpc) is 3.11. The molecule has 1 aromatic carbocycles. The summed E-state index contributed by atoms with van der Waals surface area (Å²) < 4.78 is 0. The quantitative estimate of drug-likeness (QED) is 0.807. The third kappa shape index (κ3) is 2.76. The molecule has 1 aromatic rings. The first-order chi connectivity index (χ1) is 8.53. The summed E-state index contributed by atoms with van der Waals surface area (Å²) in [6.45, 7) is 1.51. The van der Waals surface area contributed by atoms with Gasteiger partial charge in [0.1, 0.15) is 0 Å². The van der Waals surface area contributed by atoms with Gasteiger partial charge in [-0.25, -0.2) is 0 Å². The van der Waals surface area contributed by atoms with E-state index in [1.165, 1.54) is 6.92 Å². The zero-order chi connectivity index (χ0) is 13.2. The van der Waals surface area contributed by atoms with E-state index < -0.39 is 11.6 Å². The van der Waals surface area contributed by atoms with Crippen LogP contribution >= 0.6 is 0 Å². The van der Waals surface area contributed by atoms with E-state index in [2.05, 4.69) is 5.32 Å². The Kier molecular flexibility index (Phi) is 3.48. The Balaban J connectivity index is 1.92. The summed E-state index contributed by atoms with van der Waals surface area (Å²) in [5.41, 5.74) is 6.26. The standard InChI is InChI=1S/C14H18N2O2/c1-10(17)14(7-8-14)16-13(18)12(15)9-11-5-3-2-4-6-11/h2-6,12H,7-9,15H2,1H3,(H,16,18)/t12-/m0/s1. The Labute approximate surface area is 107 Å². The molecule has 0 bridgehead atoms. The van der Waals surface area contributed by atoms with Gasteiger partial charge in [-0.05, 0) is 31.7 Å². The second kappa shape index (κ2) is 4.90. The molecule has 0 saturated heterocycles. The van der Waals surface area contributed by atoms with Crippen molar-refractivity contribution >= 4 is 11.7 Å². The minimum absolute atomic E-state index is 0.0164. The number of hydrogen-bond acceptors (Lipinski definition) is 3. The molecule has 1 amide bonds. The molecule has 1 atom stereocenters. The highest BCUT2D eigenvalue weighted by molar-refractivity contribution is 5.95. The van der Waals surface area contributed by atoms with Gasteiger partial charge in [0.25, 0.3) is 0 Å². The number of Topliss-reactive ketones (excluding diaryl/α,β-unsaturated/α-hetero) is 1. The van der Waals surface area contributed by atoms with Crippen LogP contribution in [-0.2, 0) is 16.0 Å².